The molecule has 1 atom stereocenters. The molecule has 1 aliphatic heterocycles. The molecule has 4 rings (SSSR count). The molecular weight excluding hydrogens is 534 g/mol. The predicted molar refractivity (Wildman–Crippen MR) is 130 cm³/mol. The van der Waals surface area contributed by atoms with Crippen LogP contribution < -0.4 is 15.4 Å². The molecule has 1 unspecified atom stereocenters. The summed E-state index contributed by atoms with van der Waals surface area (Å²) < 4.78 is 48.3. The van der Waals surface area contributed by atoms with Gasteiger partial charge in [-0.2, -0.15) is 0 Å². The van der Waals surface area contributed by atoms with Gasteiger partial charge in [0.05, 0.1) is 29.6 Å². The maximum Gasteiger partial charge on any atom is 0.266 e. The summed E-state index contributed by atoms with van der Waals surface area (Å²) in [7, 11) is -4.25. The molecule has 13 heteroatoms. The highest BCUT2D eigenvalue weighted by Gasteiger charge is 2.23. The fourth-order valence-electron chi connectivity index (χ4n) is 3.32. The number of nitrogens with one attached hydrogen (secondary N) is 3. The number of hydrogen-bond donors (Lipinski definition) is 3. The molecule has 3 aromatic rings. The van der Waals surface area contributed by atoms with Crippen LogP contribution >= 0.6 is 46.1 Å². The molecule has 0 spiro atoms. The lowest BCUT2D eigenvalue weighted by molar-refractivity contribution is 0.0272. The standard InChI is InChI=1S/C20H18Cl3FN4O3S2/c21-12-2-1-11(13(5-12)17-9-25-3-4-31-17)8-26-16-7-15(24)18(6-14(16)22)33(29,30)28-20-27-10-19(23)32-20/h1-2,5-7,10,17,25-26H,3-4,8-9H2,(H,27,28). The maximum absolute atomic E-state index is 14.8. The summed E-state index contributed by atoms with van der Waals surface area (Å²) in [6.07, 6.45) is 1.12. The molecule has 1 aromatic heterocycles. The molecule has 33 heavy (non-hydrogen) atoms. The monoisotopic (exact) mass is 550 g/mol. The van der Waals surface area contributed by atoms with Crippen molar-refractivity contribution >= 4 is 67.0 Å². The second-order valence-corrected chi connectivity index (χ2v) is 11.3. The summed E-state index contributed by atoms with van der Waals surface area (Å²) >= 11 is 19.1. The van der Waals surface area contributed by atoms with Crippen molar-refractivity contribution in [1.82, 2.24) is 10.3 Å². The SMILES string of the molecule is O=S(=O)(Nc1ncc(Cl)s1)c1cc(Cl)c(NCc2ccc(Cl)cc2C2CNCCO2)cc1F. The van der Waals surface area contributed by atoms with Crippen LogP contribution in [-0.4, -0.2) is 33.1 Å². The summed E-state index contributed by atoms with van der Waals surface area (Å²) in [6.45, 7) is 2.30. The highest BCUT2D eigenvalue weighted by Crippen LogP contribution is 2.32. The maximum atomic E-state index is 14.8. The van der Waals surface area contributed by atoms with E-state index in [2.05, 4.69) is 20.3 Å². The first-order valence-corrected chi connectivity index (χ1v) is 13.1. The van der Waals surface area contributed by atoms with Gasteiger partial charge in [-0.15, -0.1) is 0 Å². The van der Waals surface area contributed by atoms with Crippen LogP contribution in [0.1, 0.15) is 17.2 Å². The Labute approximate surface area is 209 Å². The van der Waals surface area contributed by atoms with E-state index in [0.29, 0.717) is 29.1 Å². The van der Waals surface area contributed by atoms with Crippen molar-refractivity contribution < 1.29 is 17.5 Å². The average molecular weight is 552 g/mol. The van der Waals surface area contributed by atoms with Gasteiger partial charge in [0.25, 0.3) is 10.0 Å². The molecule has 1 fully saturated rings. The zero-order valence-electron chi connectivity index (χ0n) is 16.9. The van der Waals surface area contributed by atoms with Crippen LogP contribution in [0.25, 0.3) is 0 Å². The van der Waals surface area contributed by atoms with Gasteiger partial charge in [-0.25, -0.2) is 17.8 Å². The zero-order valence-corrected chi connectivity index (χ0v) is 20.8. The number of rotatable bonds is 7. The number of nitrogens with zero attached hydrogens (tertiary/aromatic N) is 1. The molecular formula is C20H18Cl3FN4O3S2. The van der Waals surface area contributed by atoms with Gasteiger partial charge < -0.3 is 15.4 Å². The van der Waals surface area contributed by atoms with Crippen molar-refractivity contribution in [1.29, 1.82) is 0 Å². The van der Waals surface area contributed by atoms with Crippen molar-refractivity contribution in [3.63, 3.8) is 0 Å². The summed E-state index contributed by atoms with van der Waals surface area (Å²) in [4.78, 5) is 3.22. The quantitative estimate of drug-likeness (QED) is 0.368. The zero-order chi connectivity index (χ0) is 23.6. The molecule has 0 saturated carbocycles. The number of sulfonamides is 1. The molecule has 1 aliphatic rings. The Bertz CT molecular complexity index is 1270. The van der Waals surface area contributed by atoms with Gasteiger partial charge >= 0.3 is 0 Å². The Kier molecular flexibility index (Phi) is 7.64. The van der Waals surface area contributed by atoms with Crippen LogP contribution in [0, 0.1) is 5.82 Å². The van der Waals surface area contributed by atoms with Crippen LogP contribution in [-0.2, 0) is 21.3 Å². The number of hydrogen-bond acceptors (Lipinski definition) is 7. The Hall–Kier alpha value is -1.66. The van der Waals surface area contributed by atoms with E-state index in [0.717, 1.165) is 41.1 Å². The summed E-state index contributed by atoms with van der Waals surface area (Å²) in [5.74, 6) is -0.965. The van der Waals surface area contributed by atoms with Crippen molar-refractivity contribution in [3.05, 3.63) is 67.9 Å². The lowest BCUT2D eigenvalue weighted by Crippen LogP contribution is -2.33. The van der Waals surface area contributed by atoms with Gasteiger partial charge in [0.15, 0.2) is 5.13 Å². The first kappa shape index (κ1) is 24.5. The number of anilines is 2. The second kappa shape index (κ2) is 10.3. The highest BCUT2D eigenvalue weighted by molar-refractivity contribution is 7.93. The van der Waals surface area contributed by atoms with E-state index in [1.807, 2.05) is 12.1 Å². The Morgan fingerprint density at radius 2 is 2.06 bits per heavy atom. The molecule has 7 nitrogen and oxygen atoms in total. The third kappa shape index (κ3) is 5.89. The minimum atomic E-state index is -4.25. The summed E-state index contributed by atoms with van der Waals surface area (Å²) in [6, 6.07) is 7.54. The number of morpholine rings is 1. The number of benzene rings is 2. The minimum Gasteiger partial charge on any atom is -0.380 e. The molecule has 0 bridgehead atoms. The van der Waals surface area contributed by atoms with Crippen LogP contribution in [0.3, 0.4) is 0 Å². The Morgan fingerprint density at radius 3 is 2.76 bits per heavy atom. The first-order chi connectivity index (χ1) is 15.7. The van der Waals surface area contributed by atoms with E-state index in [9.17, 15) is 12.8 Å². The van der Waals surface area contributed by atoms with Crippen LogP contribution in [0.5, 0.6) is 0 Å². The highest BCUT2D eigenvalue weighted by atomic mass is 35.5. The smallest absolute Gasteiger partial charge is 0.266 e. The summed E-state index contributed by atoms with van der Waals surface area (Å²) in [5.41, 5.74) is 2.04. The van der Waals surface area contributed by atoms with Crippen LogP contribution in [0.15, 0.2) is 41.4 Å². The average Bonchev–Trinajstić information content (AvgIpc) is 3.18. The number of halogens is 4. The van der Waals surface area contributed by atoms with Gasteiger partial charge in [0.2, 0.25) is 0 Å². The van der Waals surface area contributed by atoms with E-state index in [4.69, 9.17) is 39.5 Å². The number of aromatic nitrogens is 1. The lowest BCUT2D eigenvalue weighted by atomic mass is 10.0. The molecule has 3 N–H and O–H groups in total. The third-order valence-electron chi connectivity index (χ3n) is 4.86. The second-order valence-electron chi connectivity index (χ2n) is 7.10. The van der Waals surface area contributed by atoms with E-state index in [1.54, 1.807) is 6.07 Å². The lowest BCUT2D eigenvalue weighted by Gasteiger charge is -2.26. The Balaban J connectivity index is 1.54. The largest absolute Gasteiger partial charge is 0.380 e. The molecule has 0 amide bonds. The molecule has 1 saturated heterocycles. The molecule has 0 radical (unpaired) electrons. The fraction of sp³-hybridized carbons (Fsp3) is 0.250. The van der Waals surface area contributed by atoms with Gasteiger partial charge in [0.1, 0.15) is 15.0 Å². The topological polar surface area (TPSA) is 92.4 Å². The fourth-order valence-corrected chi connectivity index (χ4v) is 5.94. The van der Waals surface area contributed by atoms with E-state index >= 15 is 0 Å². The van der Waals surface area contributed by atoms with Crippen molar-refractivity contribution in [3.8, 4) is 0 Å². The number of thiazole rings is 1. The van der Waals surface area contributed by atoms with Crippen molar-refractivity contribution in [2.75, 3.05) is 29.7 Å². The number of ether oxygens (including phenoxy) is 1. The van der Waals surface area contributed by atoms with E-state index in [1.165, 1.54) is 6.20 Å². The Morgan fingerprint density at radius 1 is 1.24 bits per heavy atom. The predicted octanol–water partition coefficient (Wildman–Crippen LogP) is 5.32. The molecule has 2 aromatic carbocycles. The third-order valence-corrected chi connectivity index (χ3v) is 7.92. The van der Waals surface area contributed by atoms with Crippen LogP contribution in [0.2, 0.25) is 14.4 Å². The van der Waals surface area contributed by atoms with Gasteiger partial charge in [0, 0.05) is 24.7 Å². The summed E-state index contributed by atoms with van der Waals surface area (Å²) in [5, 5.41) is 6.98. The van der Waals surface area contributed by atoms with Gasteiger partial charge in [-0.3, -0.25) is 4.72 Å². The molecule has 0 aliphatic carbocycles. The minimum absolute atomic E-state index is 0.0208. The molecule has 2 heterocycles. The first-order valence-electron chi connectivity index (χ1n) is 9.70. The normalized spacial score (nSPS) is 16.5. The van der Waals surface area contributed by atoms with Crippen molar-refractivity contribution in [2.45, 2.75) is 17.5 Å². The van der Waals surface area contributed by atoms with Gasteiger partial charge in [-0.1, -0.05) is 52.2 Å². The van der Waals surface area contributed by atoms with Gasteiger partial charge in [-0.05, 0) is 35.4 Å². The van der Waals surface area contributed by atoms with Crippen molar-refractivity contribution in [2.24, 2.45) is 0 Å². The van der Waals surface area contributed by atoms with Crippen LogP contribution in [0.4, 0.5) is 15.2 Å². The van der Waals surface area contributed by atoms with E-state index in [-0.39, 0.29) is 21.9 Å². The van der Waals surface area contributed by atoms with E-state index < -0.39 is 20.7 Å². The molecule has 176 valence electrons.